The van der Waals surface area contributed by atoms with Crippen LogP contribution in [0.1, 0.15) is 18.1 Å². The summed E-state index contributed by atoms with van der Waals surface area (Å²) in [7, 11) is 0. The molecule has 3 rings (SSSR count). The molecule has 0 aliphatic carbocycles. The van der Waals surface area contributed by atoms with Crippen molar-refractivity contribution in [3.8, 4) is 5.75 Å². The van der Waals surface area contributed by atoms with Gasteiger partial charge in [0.2, 0.25) is 0 Å². The average Bonchev–Trinajstić information content (AvgIpc) is 2.41. The molecule has 90 valence electrons. The normalized spacial score (nSPS) is 17.6. The van der Waals surface area contributed by atoms with Gasteiger partial charge in [0.05, 0.1) is 5.56 Å². The van der Waals surface area contributed by atoms with Crippen LogP contribution in [-0.2, 0) is 6.54 Å². The first-order valence-corrected chi connectivity index (χ1v) is 6.23. The fraction of sp³-hybridized carbons (Fsp3) is 0.188. The highest BCUT2D eigenvalue weighted by Crippen LogP contribution is 2.22. The highest BCUT2D eigenvalue weighted by atomic mass is 16.5. The van der Waals surface area contributed by atoms with E-state index in [1.807, 2.05) is 24.3 Å². The molecule has 0 aromatic heterocycles. The van der Waals surface area contributed by atoms with Crippen LogP contribution in [-0.4, -0.2) is 17.0 Å². The van der Waals surface area contributed by atoms with Crippen molar-refractivity contribution in [2.24, 2.45) is 0 Å². The molecule has 1 heterocycles. The van der Waals surface area contributed by atoms with Crippen LogP contribution in [0.4, 0.5) is 0 Å². The van der Waals surface area contributed by atoms with Crippen LogP contribution in [0.2, 0.25) is 0 Å². The van der Waals surface area contributed by atoms with Crippen LogP contribution < -0.4 is 4.74 Å². The summed E-state index contributed by atoms with van der Waals surface area (Å²) in [5.41, 5.74) is 2.44. The van der Waals surface area contributed by atoms with Gasteiger partial charge in [-0.2, -0.15) is 4.58 Å². The maximum Gasteiger partial charge on any atom is 0.294 e. The minimum absolute atomic E-state index is 0.0695. The van der Waals surface area contributed by atoms with Crippen molar-refractivity contribution in [2.75, 3.05) is 0 Å². The minimum Gasteiger partial charge on any atom is -0.433 e. The highest BCUT2D eigenvalue weighted by molar-refractivity contribution is 5.80. The molecule has 1 aliphatic rings. The third-order valence-corrected chi connectivity index (χ3v) is 3.20. The number of benzene rings is 2. The molecule has 0 fully saturated rings. The lowest BCUT2D eigenvalue weighted by molar-refractivity contribution is -0.610. The molecular formula is C16H16NO+. The number of nitrogens with zero attached hydrogens (tertiary/aromatic N) is 1. The van der Waals surface area contributed by atoms with E-state index in [2.05, 4.69) is 48.0 Å². The van der Waals surface area contributed by atoms with Crippen LogP contribution in [0.5, 0.6) is 5.75 Å². The Kier molecular flexibility index (Phi) is 2.85. The van der Waals surface area contributed by atoms with E-state index in [9.17, 15) is 0 Å². The first kappa shape index (κ1) is 11.0. The van der Waals surface area contributed by atoms with Crippen molar-refractivity contribution in [1.82, 2.24) is 0 Å². The van der Waals surface area contributed by atoms with Crippen LogP contribution in [0, 0.1) is 0 Å². The van der Waals surface area contributed by atoms with Crippen molar-refractivity contribution < 1.29 is 9.31 Å². The molecule has 2 aromatic carbocycles. The largest absolute Gasteiger partial charge is 0.433 e. The lowest BCUT2D eigenvalue weighted by Gasteiger charge is -2.19. The van der Waals surface area contributed by atoms with E-state index in [-0.39, 0.29) is 6.23 Å². The molecule has 1 unspecified atom stereocenters. The predicted molar refractivity (Wildman–Crippen MR) is 72.1 cm³/mol. The van der Waals surface area contributed by atoms with Gasteiger partial charge in [-0.05, 0) is 12.1 Å². The molecule has 2 heteroatoms. The zero-order valence-electron chi connectivity index (χ0n) is 10.4. The van der Waals surface area contributed by atoms with Crippen LogP contribution in [0.25, 0.3) is 0 Å². The van der Waals surface area contributed by atoms with E-state index < -0.39 is 0 Å². The first-order valence-electron chi connectivity index (χ1n) is 6.23. The molecule has 2 nitrogen and oxygen atoms in total. The number of hydrogen-bond acceptors (Lipinski definition) is 1. The van der Waals surface area contributed by atoms with Crippen LogP contribution >= 0.6 is 0 Å². The monoisotopic (exact) mass is 238 g/mol. The summed E-state index contributed by atoms with van der Waals surface area (Å²) in [6.45, 7) is 2.95. The zero-order valence-corrected chi connectivity index (χ0v) is 10.4. The summed E-state index contributed by atoms with van der Waals surface area (Å²) in [6.07, 6.45) is 2.25. The van der Waals surface area contributed by atoms with Gasteiger partial charge in [0, 0.05) is 12.5 Å². The summed E-state index contributed by atoms with van der Waals surface area (Å²) < 4.78 is 8.13. The van der Waals surface area contributed by atoms with Crippen molar-refractivity contribution in [2.45, 2.75) is 19.7 Å². The van der Waals surface area contributed by atoms with Gasteiger partial charge in [0.1, 0.15) is 5.75 Å². The van der Waals surface area contributed by atoms with E-state index in [1.165, 1.54) is 5.56 Å². The maximum atomic E-state index is 5.91. The number of rotatable bonds is 2. The first-order chi connectivity index (χ1) is 8.83. The number of hydrogen-bond donors (Lipinski definition) is 0. The molecule has 1 aliphatic heterocycles. The van der Waals surface area contributed by atoms with E-state index in [1.54, 1.807) is 0 Å². The summed E-state index contributed by atoms with van der Waals surface area (Å²) in [5.74, 6) is 0.967. The smallest absolute Gasteiger partial charge is 0.294 e. The Bertz CT molecular complexity index is 575. The Labute approximate surface area is 107 Å². The van der Waals surface area contributed by atoms with Gasteiger partial charge in [-0.3, -0.25) is 0 Å². The second-order valence-corrected chi connectivity index (χ2v) is 4.54. The summed E-state index contributed by atoms with van der Waals surface area (Å²) in [5, 5.41) is 0. The van der Waals surface area contributed by atoms with Gasteiger partial charge in [-0.15, -0.1) is 0 Å². The molecule has 1 atom stereocenters. The van der Waals surface area contributed by atoms with Gasteiger partial charge in [0.25, 0.3) is 6.23 Å². The molecule has 0 radical (unpaired) electrons. The second kappa shape index (κ2) is 4.65. The summed E-state index contributed by atoms with van der Waals surface area (Å²) in [6, 6.07) is 18.6. The summed E-state index contributed by atoms with van der Waals surface area (Å²) >= 11 is 0. The lowest BCUT2D eigenvalue weighted by Crippen LogP contribution is -2.33. The van der Waals surface area contributed by atoms with Gasteiger partial charge in [0.15, 0.2) is 12.8 Å². The second-order valence-electron chi connectivity index (χ2n) is 4.54. The Morgan fingerprint density at radius 2 is 1.72 bits per heavy atom. The van der Waals surface area contributed by atoms with E-state index in [0.717, 1.165) is 17.9 Å². The van der Waals surface area contributed by atoms with Gasteiger partial charge < -0.3 is 4.74 Å². The SMILES string of the molecule is CC1Oc2ccccc2C=[N+]1Cc1ccccc1. The van der Waals surface area contributed by atoms with E-state index in [0.29, 0.717) is 0 Å². The van der Waals surface area contributed by atoms with Gasteiger partial charge in [-0.1, -0.05) is 42.5 Å². The van der Waals surface area contributed by atoms with E-state index in [4.69, 9.17) is 4.74 Å². The summed E-state index contributed by atoms with van der Waals surface area (Å²) in [4.78, 5) is 0. The standard InChI is InChI=1S/C16H16NO/c1-13-17(11-14-7-3-2-4-8-14)12-15-9-5-6-10-16(15)18-13/h2-10,12-13H,11H2,1H3/q+1. The third kappa shape index (κ3) is 2.14. The third-order valence-electron chi connectivity index (χ3n) is 3.20. The Balaban J connectivity index is 1.91. The molecule has 2 aromatic rings. The maximum absolute atomic E-state index is 5.91. The highest BCUT2D eigenvalue weighted by Gasteiger charge is 2.23. The fourth-order valence-electron chi connectivity index (χ4n) is 2.20. The lowest BCUT2D eigenvalue weighted by atomic mass is 10.1. The van der Waals surface area contributed by atoms with Crippen molar-refractivity contribution in [1.29, 1.82) is 0 Å². The van der Waals surface area contributed by atoms with Crippen LogP contribution in [0.15, 0.2) is 54.6 Å². The number of fused-ring (bicyclic) bond motifs is 1. The fourth-order valence-corrected chi connectivity index (χ4v) is 2.20. The van der Waals surface area contributed by atoms with Crippen molar-refractivity contribution >= 4 is 6.21 Å². The van der Waals surface area contributed by atoms with Crippen molar-refractivity contribution in [3.63, 3.8) is 0 Å². The Hall–Kier alpha value is -2.09. The molecule has 0 saturated heterocycles. The molecular weight excluding hydrogens is 222 g/mol. The van der Waals surface area contributed by atoms with Crippen LogP contribution in [0.3, 0.4) is 0 Å². The molecule has 18 heavy (non-hydrogen) atoms. The number of ether oxygens (including phenoxy) is 1. The quantitative estimate of drug-likeness (QED) is 0.732. The molecule has 0 bridgehead atoms. The molecule has 0 spiro atoms. The molecule has 0 amide bonds. The average molecular weight is 238 g/mol. The number of para-hydroxylation sites is 1. The topological polar surface area (TPSA) is 12.2 Å². The molecule has 0 saturated carbocycles. The van der Waals surface area contributed by atoms with Gasteiger partial charge in [-0.25, -0.2) is 0 Å². The predicted octanol–water partition coefficient (Wildman–Crippen LogP) is 3.06. The minimum atomic E-state index is 0.0695. The Morgan fingerprint density at radius 3 is 2.56 bits per heavy atom. The van der Waals surface area contributed by atoms with Gasteiger partial charge >= 0.3 is 0 Å². The van der Waals surface area contributed by atoms with E-state index >= 15 is 0 Å². The van der Waals surface area contributed by atoms with Crippen molar-refractivity contribution in [3.05, 3.63) is 65.7 Å². The zero-order chi connectivity index (χ0) is 12.4. The molecule has 0 N–H and O–H groups in total. The Morgan fingerprint density at radius 1 is 1.00 bits per heavy atom.